The van der Waals surface area contributed by atoms with E-state index in [0.29, 0.717) is 11.6 Å². The zero-order chi connectivity index (χ0) is 22.6. The predicted molar refractivity (Wildman–Crippen MR) is 124 cm³/mol. The van der Waals surface area contributed by atoms with Crippen LogP contribution in [0.1, 0.15) is 36.1 Å². The lowest BCUT2D eigenvalue weighted by atomic mass is 9.99. The minimum Gasteiger partial charge on any atom is -0.461 e. The molecule has 0 radical (unpaired) electrons. The first kappa shape index (κ1) is 20.8. The number of amides is 2. The summed E-state index contributed by atoms with van der Waals surface area (Å²) in [6.45, 7) is 0.530. The normalized spacial score (nSPS) is 13.2. The summed E-state index contributed by atoms with van der Waals surface area (Å²) >= 11 is 0. The lowest BCUT2D eigenvalue weighted by Crippen LogP contribution is -2.40. The molecule has 8 heteroatoms. The van der Waals surface area contributed by atoms with Gasteiger partial charge < -0.3 is 15.1 Å². The number of aromatic nitrogens is 3. The van der Waals surface area contributed by atoms with Gasteiger partial charge in [-0.3, -0.25) is 4.57 Å². The summed E-state index contributed by atoms with van der Waals surface area (Å²) in [4.78, 5) is 25.6. The summed E-state index contributed by atoms with van der Waals surface area (Å²) < 4.78 is 8.55. The number of nitrogens with one attached hydrogen (secondary N) is 2. The molecule has 0 atom stereocenters. The van der Waals surface area contributed by atoms with Gasteiger partial charge in [0.25, 0.3) is 0 Å². The highest BCUT2D eigenvalue weighted by Gasteiger charge is 2.31. The van der Waals surface area contributed by atoms with E-state index in [1.54, 1.807) is 23.0 Å². The van der Waals surface area contributed by atoms with Gasteiger partial charge in [-0.15, -0.1) is 5.10 Å². The molecule has 4 aromatic rings. The molecule has 0 spiro atoms. The van der Waals surface area contributed by atoms with Gasteiger partial charge in [-0.25, -0.2) is 14.3 Å². The van der Waals surface area contributed by atoms with Crippen molar-refractivity contribution in [2.45, 2.75) is 31.5 Å². The van der Waals surface area contributed by atoms with Gasteiger partial charge in [0.15, 0.2) is 5.76 Å². The Morgan fingerprint density at radius 1 is 1.00 bits per heavy atom. The van der Waals surface area contributed by atoms with Crippen molar-refractivity contribution < 1.29 is 9.21 Å². The van der Waals surface area contributed by atoms with E-state index in [0.717, 1.165) is 24.0 Å². The molecule has 0 saturated heterocycles. The average molecular weight is 444 g/mol. The minimum absolute atomic E-state index is 0.167. The Hall–Kier alpha value is -4.07. The van der Waals surface area contributed by atoms with E-state index >= 15 is 0 Å². The van der Waals surface area contributed by atoms with Crippen molar-refractivity contribution in [2.24, 2.45) is 0 Å². The van der Waals surface area contributed by atoms with Crippen LogP contribution in [-0.2, 0) is 6.54 Å². The molecule has 2 heterocycles. The van der Waals surface area contributed by atoms with Crippen molar-refractivity contribution >= 4 is 6.03 Å². The van der Waals surface area contributed by atoms with Crippen LogP contribution in [0.5, 0.6) is 0 Å². The second-order valence-electron chi connectivity index (χ2n) is 8.06. The van der Waals surface area contributed by atoms with Gasteiger partial charge in [0.05, 0.1) is 18.8 Å². The Labute approximate surface area is 190 Å². The average Bonchev–Trinajstić information content (AvgIpc) is 3.42. The molecule has 0 aliphatic heterocycles. The van der Waals surface area contributed by atoms with Gasteiger partial charge >= 0.3 is 11.7 Å². The highest BCUT2D eigenvalue weighted by molar-refractivity contribution is 5.75. The quantitative estimate of drug-likeness (QED) is 0.434. The van der Waals surface area contributed by atoms with E-state index in [-0.39, 0.29) is 36.9 Å². The number of rotatable bonds is 8. The van der Waals surface area contributed by atoms with Crippen molar-refractivity contribution in [1.82, 2.24) is 25.0 Å². The van der Waals surface area contributed by atoms with Gasteiger partial charge in [0.2, 0.25) is 5.82 Å². The molecule has 168 valence electrons. The zero-order valence-corrected chi connectivity index (χ0v) is 18.1. The zero-order valence-electron chi connectivity index (χ0n) is 18.1. The Morgan fingerprint density at radius 2 is 1.67 bits per heavy atom. The van der Waals surface area contributed by atoms with Gasteiger partial charge in [0.1, 0.15) is 0 Å². The summed E-state index contributed by atoms with van der Waals surface area (Å²) in [6, 6.07) is 22.8. The van der Waals surface area contributed by atoms with Crippen molar-refractivity contribution in [2.75, 3.05) is 6.54 Å². The highest BCUT2D eigenvalue weighted by Crippen LogP contribution is 2.36. The monoisotopic (exact) mass is 443 g/mol. The summed E-state index contributed by atoms with van der Waals surface area (Å²) in [5, 5.41) is 10.4. The third-order valence-electron chi connectivity index (χ3n) is 5.67. The molecule has 2 N–H and O–H groups in total. The lowest BCUT2D eigenvalue weighted by Gasteiger charge is -2.20. The van der Waals surface area contributed by atoms with E-state index in [1.807, 2.05) is 60.7 Å². The number of benzene rings is 2. The molecule has 1 aliphatic rings. The maximum absolute atomic E-state index is 12.9. The summed E-state index contributed by atoms with van der Waals surface area (Å²) in [5.74, 6) is 1.10. The second-order valence-corrected chi connectivity index (χ2v) is 8.06. The molecule has 1 aliphatic carbocycles. The first-order valence-electron chi connectivity index (χ1n) is 11.1. The maximum Gasteiger partial charge on any atom is 0.346 e. The van der Waals surface area contributed by atoms with E-state index < -0.39 is 0 Å². The van der Waals surface area contributed by atoms with Crippen molar-refractivity contribution in [3.63, 3.8) is 0 Å². The first-order chi connectivity index (χ1) is 16.2. The molecule has 2 aromatic heterocycles. The van der Waals surface area contributed by atoms with Gasteiger partial charge in [-0.1, -0.05) is 60.7 Å². The number of urea groups is 1. The molecule has 1 saturated carbocycles. The van der Waals surface area contributed by atoms with Crippen LogP contribution in [0, 0.1) is 0 Å². The van der Waals surface area contributed by atoms with Gasteiger partial charge in [-0.05, 0) is 36.1 Å². The van der Waals surface area contributed by atoms with Crippen LogP contribution in [0.15, 0.2) is 88.3 Å². The van der Waals surface area contributed by atoms with Crippen LogP contribution in [0.25, 0.3) is 11.6 Å². The van der Waals surface area contributed by atoms with Gasteiger partial charge in [-0.2, -0.15) is 0 Å². The SMILES string of the molecule is O=C(NCCn1nc(-c2ccco2)n(C2CC2)c1=O)NC(c1ccccc1)c1ccccc1. The molecule has 5 rings (SSSR count). The van der Waals surface area contributed by atoms with E-state index in [4.69, 9.17) is 4.42 Å². The second kappa shape index (κ2) is 9.20. The van der Waals surface area contributed by atoms with Crippen LogP contribution < -0.4 is 16.3 Å². The third kappa shape index (κ3) is 4.59. The third-order valence-corrected chi connectivity index (χ3v) is 5.67. The first-order valence-corrected chi connectivity index (χ1v) is 11.1. The Bertz CT molecular complexity index is 1220. The summed E-state index contributed by atoms with van der Waals surface area (Å²) in [5.41, 5.74) is 1.79. The Morgan fingerprint density at radius 3 is 2.24 bits per heavy atom. The lowest BCUT2D eigenvalue weighted by molar-refractivity contribution is 0.238. The standard InChI is InChI=1S/C25H25N5O3/c31-24(27-22(18-8-3-1-4-9-18)19-10-5-2-6-11-19)26-15-16-29-25(32)30(20-13-14-20)23(28-29)21-12-7-17-33-21/h1-12,17,20,22H,13-16H2,(H2,26,27,31). The topological polar surface area (TPSA) is 94.1 Å². The molecule has 8 nitrogen and oxygen atoms in total. The van der Waals surface area contributed by atoms with Crippen molar-refractivity contribution in [1.29, 1.82) is 0 Å². The number of furan rings is 1. The number of hydrogen-bond acceptors (Lipinski definition) is 4. The molecule has 2 aromatic carbocycles. The number of hydrogen-bond donors (Lipinski definition) is 2. The fraction of sp³-hybridized carbons (Fsp3) is 0.240. The fourth-order valence-corrected chi connectivity index (χ4v) is 3.91. The Kier molecular flexibility index (Phi) is 5.80. The van der Waals surface area contributed by atoms with Crippen LogP contribution in [0.3, 0.4) is 0 Å². The van der Waals surface area contributed by atoms with Crippen LogP contribution in [0.2, 0.25) is 0 Å². The van der Waals surface area contributed by atoms with Crippen LogP contribution in [0.4, 0.5) is 4.79 Å². The summed E-state index contributed by atoms with van der Waals surface area (Å²) in [6.07, 6.45) is 3.48. The molecular weight excluding hydrogens is 418 g/mol. The molecule has 1 fully saturated rings. The molecule has 0 unspecified atom stereocenters. The van der Waals surface area contributed by atoms with Crippen LogP contribution >= 0.6 is 0 Å². The van der Waals surface area contributed by atoms with Gasteiger partial charge in [0, 0.05) is 12.6 Å². The smallest absolute Gasteiger partial charge is 0.346 e. The van der Waals surface area contributed by atoms with E-state index in [2.05, 4.69) is 15.7 Å². The van der Waals surface area contributed by atoms with E-state index in [1.165, 1.54) is 4.68 Å². The van der Waals surface area contributed by atoms with E-state index in [9.17, 15) is 9.59 Å². The summed E-state index contributed by atoms with van der Waals surface area (Å²) in [7, 11) is 0. The number of carbonyl (C=O) groups excluding carboxylic acids is 1. The number of carbonyl (C=O) groups is 1. The maximum atomic E-state index is 12.9. The molecule has 0 bridgehead atoms. The molecule has 2 amide bonds. The largest absolute Gasteiger partial charge is 0.461 e. The molecular formula is C25H25N5O3. The van der Waals surface area contributed by atoms with Crippen molar-refractivity contribution in [3.8, 4) is 11.6 Å². The predicted octanol–water partition coefficient (Wildman–Crippen LogP) is 3.73. The highest BCUT2D eigenvalue weighted by atomic mass is 16.3. The minimum atomic E-state index is -0.311. The number of nitrogens with zero attached hydrogens (tertiary/aromatic N) is 3. The Balaban J connectivity index is 1.26. The fourth-order valence-electron chi connectivity index (χ4n) is 3.91. The van der Waals surface area contributed by atoms with Crippen molar-refractivity contribution in [3.05, 3.63) is 101 Å². The molecule has 33 heavy (non-hydrogen) atoms. The van der Waals surface area contributed by atoms with Crippen LogP contribution in [-0.4, -0.2) is 26.9 Å².